The number of piperazine rings is 1. The maximum atomic E-state index is 12.6. The van der Waals surface area contributed by atoms with E-state index in [-0.39, 0.29) is 6.54 Å². The number of hydrogen-bond donors (Lipinski definition) is 1. The van der Waals surface area contributed by atoms with Gasteiger partial charge in [-0.05, 0) is 20.3 Å². The van der Waals surface area contributed by atoms with Gasteiger partial charge in [-0.1, -0.05) is 6.92 Å². The fourth-order valence-electron chi connectivity index (χ4n) is 2.48. The first-order valence-corrected chi connectivity index (χ1v) is 7.00. The van der Waals surface area contributed by atoms with Gasteiger partial charge in [0.2, 0.25) is 5.91 Å². The van der Waals surface area contributed by atoms with Gasteiger partial charge in [-0.15, -0.1) is 0 Å². The highest BCUT2D eigenvalue weighted by molar-refractivity contribution is 5.85. The summed E-state index contributed by atoms with van der Waals surface area (Å²) in [7, 11) is 0. The van der Waals surface area contributed by atoms with Crippen LogP contribution in [0.4, 0.5) is 13.2 Å². The van der Waals surface area contributed by atoms with E-state index in [0.717, 1.165) is 18.0 Å². The number of carbonyl (C=O) groups is 1. The van der Waals surface area contributed by atoms with E-state index in [0.29, 0.717) is 19.5 Å². The van der Waals surface area contributed by atoms with Gasteiger partial charge in [0.15, 0.2) is 0 Å². The number of nitrogens with zero attached hydrogens (tertiary/aromatic N) is 2. The molecule has 1 N–H and O–H groups in total. The maximum Gasteiger partial charge on any atom is 0.406 e. The SMILES string of the molecule is CCCN(CC(F)(F)F)C(=O)C(C)(C)N1CCNCC1. The first-order chi connectivity index (χ1) is 9.18. The van der Waals surface area contributed by atoms with Crippen molar-refractivity contribution in [3.63, 3.8) is 0 Å². The average molecular weight is 295 g/mol. The summed E-state index contributed by atoms with van der Waals surface area (Å²) in [6.07, 6.45) is -3.84. The quantitative estimate of drug-likeness (QED) is 0.834. The minimum absolute atomic E-state index is 0.133. The third-order valence-corrected chi connectivity index (χ3v) is 3.58. The van der Waals surface area contributed by atoms with Crippen molar-refractivity contribution in [2.24, 2.45) is 0 Å². The highest BCUT2D eigenvalue weighted by Crippen LogP contribution is 2.23. The molecule has 1 aliphatic rings. The van der Waals surface area contributed by atoms with Gasteiger partial charge in [-0.3, -0.25) is 9.69 Å². The van der Waals surface area contributed by atoms with Crippen molar-refractivity contribution in [3.05, 3.63) is 0 Å². The fourth-order valence-corrected chi connectivity index (χ4v) is 2.48. The number of alkyl halides is 3. The van der Waals surface area contributed by atoms with Crippen LogP contribution in [0.1, 0.15) is 27.2 Å². The van der Waals surface area contributed by atoms with Crippen LogP contribution < -0.4 is 5.32 Å². The molecule has 0 unspecified atom stereocenters. The molecule has 1 saturated heterocycles. The number of halogens is 3. The summed E-state index contributed by atoms with van der Waals surface area (Å²) >= 11 is 0. The third-order valence-electron chi connectivity index (χ3n) is 3.58. The zero-order chi connectivity index (χ0) is 15.4. The molecule has 1 heterocycles. The van der Waals surface area contributed by atoms with Crippen molar-refractivity contribution >= 4 is 5.91 Å². The Balaban J connectivity index is 2.80. The molecule has 1 fully saturated rings. The molecule has 1 aliphatic heterocycles. The summed E-state index contributed by atoms with van der Waals surface area (Å²) in [5.74, 6) is -0.446. The van der Waals surface area contributed by atoms with Crippen LogP contribution in [0, 0.1) is 0 Å². The van der Waals surface area contributed by atoms with E-state index in [1.807, 2.05) is 4.90 Å². The second kappa shape index (κ2) is 6.76. The molecule has 1 amide bonds. The molecule has 0 saturated carbocycles. The molecule has 1 rings (SSSR count). The Bertz CT molecular complexity index is 325. The van der Waals surface area contributed by atoms with Crippen LogP contribution >= 0.6 is 0 Å². The van der Waals surface area contributed by atoms with Gasteiger partial charge in [-0.2, -0.15) is 13.2 Å². The monoisotopic (exact) mass is 295 g/mol. The van der Waals surface area contributed by atoms with Gasteiger partial charge >= 0.3 is 6.18 Å². The lowest BCUT2D eigenvalue weighted by atomic mass is 9.99. The molecule has 20 heavy (non-hydrogen) atoms. The van der Waals surface area contributed by atoms with Crippen molar-refractivity contribution in [2.75, 3.05) is 39.3 Å². The van der Waals surface area contributed by atoms with Gasteiger partial charge < -0.3 is 10.2 Å². The molecular formula is C13H24F3N3O. The van der Waals surface area contributed by atoms with Crippen LogP contribution in [0.3, 0.4) is 0 Å². The Morgan fingerprint density at radius 3 is 2.25 bits per heavy atom. The molecule has 0 radical (unpaired) electrons. The van der Waals surface area contributed by atoms with Gasteiger partial charge in [0.05, 0.1) is 5.54 Å². The first-order valence-electron chi connectivity index (χ1n) is 7.00. The predicted octanol–water partition coefficient (Wildman–Crippen LogP) is 1.47. The zero-order valence-corrected chi connectivity index (χ0v) is 12.4. The minimum Gasteiger partial charge on any atom is -0.332 e. The first kappa shape index (κ1) is 17.2. The van der Waals surface area contributed by atoms with Gasteiger partial charge in [-0.25, -0.2) is 0 Å². The predicted molar refractivity (Wildman–Crippen MR) is 71.4 cm³/mol. The summed E-state index contributed by atoms with van der Waals surface area (Å²) in [6.45, 7) is 7.00. The average Bonchev–Trinajstić information content (AvgIpc) is 2.37. The highest BCUT2D eigenvalue weighted by atomic mass is 19.4. The Kier molecular flexibility index (Phi) is 5.82. The smallest absolute Gasteiger partial charge is 0.332 e. The van der Waals surface area contributed by atoms with E-state index in [4.69, 9.17) is 0 Å². The molecule has 0 aromatic rings. The molecule has 4 nitrogen and oxygen atoms in total. The van der Waals surface area contributed by atoms with E-state index < -0.39 is 24.2 Å². The summed E-state index contributed by atoms with van der Waals surface area (Å²) in [5, 5.41) is 3.17. The Morgan fingerprint density at radius 2 is 1.80 bits per heavy atom. The third kappa shape index (κ3) is 4.63. The topological polar surface area (TPSA) is 35.6 Å². The van der Waals surface area contributed by atoms with Crippen molar-refractivity contribution in [2.45, 2.75) is 38.9 Å². The van der Waals surface area contributed by atoms with Gasteiger partial charge in [0.25, 0.3) is 0 Å². The van der Waals surface area contributed by atoms with Crippen molar-refractivity contribution in [1.29, 1.82) is 0 Å². The van der Waals surface area contributed by atoms with Crippen LogP contribution in [0.15, 0.2) is 0 Å². The van der Waals surface area contributed by atoms with E-state index in [1.54, 1.807) is 20.8 Å². The van der Waals surface area contributed by atoms with E-state index >= 15 is 0 Å². The second-order valence-electron chi connectivity index (χ2n) is 5.64. The molecule has 7 heteroatoms. The molecular weight excluding hydrogens is 271 g/mol. The number of amides is 1. The molecule has 118 valence electrons. The lowest BCUT2D eigenvalue weighted by Crippen LogP contribution is -2.61. The van der Waals surface area contributed by atoms with Crippen LogP contribution in [0.25, 0.3) is 0 Å². The number of nitrogens with one attached hydrogen (secondary N) is 1. The number of rotatable bonds is 5. The molecule has 0 aromatic heterocycles. The summed E-state index contributed by atoms with van der Waals surface area (Å²) < 4.78 is 37.8. The summed E-state index contributed by atoms with van der Waals surface area (Å²) in [5.41, 5.74) is -0.900. The molecule has 0 atom stereocenters. The van der Waals surface area contributed by atoms with E-state index in [9.17, 15) is 18.0 Å². The lowest BCUT2D eigenvalue weighted by Gasteiger charge is -2.42. The molecule has 0 aromatic carbocycles. The zero-order valence-electron chi connectivity index (χ0n) is 12.4. The minimum atomic E-state index is -4.36. The van der Waals surface area contributed by atoms with E-state index in [1.165, 1.54) is 0 Å². The number of hydrogen-bond acceptors (Lipinski definition) is 3. The lowest BCUT2D eigenvalue weighted by molar-refractivity contribution is -0.168. The van der Waals surface area contributed by atoms with Crippen LogP contribution in [-0.4, -0.2) is 66.7 Å². The van der Waals surface area contributed by atoms with Crippen molar-refractivity contribution in [3.8, 4) is 0 Å². The summed E-state index contributed by atoms with van der Waals surface area (Å²) in [6, 6.07) is 0. The Morgan fingerprint density at radius 1 is 1.25 bits per heavy atom. The van der Waals surface area contributed by atoms with Crippen LogP contribution in [-0.2, 0) is 4.79 Å². The van der Waals surface area contributed by atoms with Crippen molar-refractivity contribution in [1.82, 2.24) is 15.1 Å². The van der Waals surface area contributed by atoms with Gasteiger partial charge in [0.1, 0.15) is 6.54 Å². The normalized spacial score (nSPS) is 18.1. The van der Waals surface area contributed by atoms with E-state index in [2.05, 4.69) is 5.32 Å². The van der Waals surface area contributed by atoms with Crippen molar-refractivity contribution < 1.29 is 18.0 Å². The Hall–Kier alpha value is -0.820. The molecule has 0 bridgehead atoms. The number of carbonyl (C=O) groups excluding carboxylic acids is 1. The van der Waals surface area contributed by atoms with Gasteiger partial charge in [0, 0.05) is 32.7 Å². The second-order valence-corrected chi connectivity index (χ2v) is 5.64. The van der Waals surface area contributed by atoms with Crippen LogP contribution in [0.5, 0.6) is 0 Å². The maximum absolute atomic E-state index is 12.6. The molecule has 0 spiro atoms. The standard InChI is InChI=1S/C13H24F3N3O/c1-4-7-18(10-13(14,15)16)11(20)12(2,3)19-8-5-17-6-9-19/h17H,4-10H2,1-3H3. The largest absolute Gasteiger partial charge is 0.406 e. The Labute approximate surface area is 118 Å². The summed E-state index contributed by atoms with van der Waals surface area (Å²) in [4.78, 5) is 15.4. The van der Waals surface area contributed by atoms with Crippen LogP contribution in [0.2, 0.25) is 0 Å². The highest BCUT2D eigenvalue weighted by Gasteiger charge is 2.41. The fraction of sp³-hybridized carbons (Fsp3) is 0.923. The molecule has 0 aliphatic carbocycles.